The molecule has 3 N–H and O–H groups in total. The van der Waals surface area contributed by atoms with Crippen LogP contribution >= 0.6 is 7.60 Å². The molecule has 15 heteroatoms. The van der Waals surface area contributed by atoms with Gasteiger partial charge in [-0.2, -0.15) is 0 Å². The van der Waals surface area contributed by atoms with E-state index in [1.54, 1.807) is 0 Å². The molecule has 0 radical (unpaired) electrons. The molecule has 1 saturated heterocycles. The molecule has 28 heavy (non-hydrogen) atoms. The lowest BCUT2D eigenvalue weighted by Crippen LogP contribution is -2.34. The third-order valence-corrected chi connectivity index (χ3v) is 4.96. The largest absolute Gasteiger partial charge is 0.467 e. The number of methoxy groups -OCH3 is 1. The van der Waals surface area contributed by atoms with Gasteiger partial charge in [0.25, 0.3) is 11.4 Å². The number of H-pyrrole nitrogens is 1. The molecule has 4 atom stereocenters. The number of carbonyl (C=O) groups excluding carboxylic acids is 1. The Balaban J connectivity index is 2.22. The number of carbonyl (C=O) groups is 1. The van der Waals surface area contributed by atoms with Gasteiger partial charge < -0.3 is 24.0 Å². The van der Waals surface area contributed by atoms with Crippen molar-refractivity contribution in [2.24, 2.45) is 5.11 Å². The summed E-state index contributed by atoms with van der Waals surface area (Å²) in [4.78, 5) is 58.3. The molecule has 14 nitrogen and oxygen atoms in total. The minimum Gasteiger partial charge on any atom is -0.467 e. The first-order valence-electron chi connectivity index (χ1n) is 7.84. The molecule has 1 aliphatic heterocycles. The van der Waals surface area contributed by atoms with E-state index in [-0.39, 0.29) is 12.0 Å². The van der Waals surface area contributed by atoms with Crippen LogP contribution in [-0.4, -0.2) is 57.0 Å². The number of nitrogens with zero attached hydrogens (tertiary/aromatic N) is 4. The van der Waals surface area contributed by atoms with Crippen molar-refractivity contribution in [2.45, 2.75) is 37.6 Å². The SMILES string of the molecule is COC(=O)C(OC[C@H]1O[C@@H](n2cc(C)c(=O)[nH]c2=O)C[C@@H]1N=[N+]=[N-])P(=O)(O)O. The topological polar surface area (TPSA) is 206 Å². The van der Waals surface area contributed by atoms with Crippen LogP contribution in [0.2, 0.25) is 0 Å². The van der Waals surface area contributed by atoms with Crippen LogP contribution in [0.15, 0.2) is 20.9 Å². The maximum absolute atomic E-state index is 12.0. The minimum atomic E-state index is -4.98. The van der Waals surface area contributed by atoms with Crippen LogP contribution in [-0.2, 0) is 23.6 Å². The van der Waals surface area contributed by atoms with Crippen LogP contribution in [0.3, 0.4) is 0 Å². The van der Waals surface area contributed by atoms with E-state index in [1.807, 2.05) is 0 Å². The Labute approximate surface area is 156 Å². The first kappa shape index (κ1) is 21.8. The van der Waals surface area contributed by atoms with Gasteiger partial charge in [-0.15, -0.1) is 0 Å². The Hall–Kier alpha value is -2.47. The van der Waals surface area contributed by atoms with E-state index in [0.29, 0.717) is 0 Å². The van der Waals surface area contributed by atoms with Crippen molar-refractivity contribution in [1.82, 2.24) is 9.55 Å². The third kappa shape index (κ3) is 4.87. The van der Waals surface area contributed by atoms with Gasteiger partial charge in [-0.1, -0.05) is 5.11 Å². The second-order valence-electron chi connectivity index (χ2n) is 5.91. The zero-order valence-electron chi connectivity index (χ0n) is 14.8. The van der Waals surface area contributed by atoms with E-state index < -0.39 is 55.6 Å². The average Bonchev–Trinajstić information content (AvgIpc) is 3.00. The highest BCUT2D eigenvalue weighted by molar-refractivity contribution is 7.53. The standard InChI is InChI=1S/C13H18N5O9P/c1-6-4-18(13(21)15-10(6)19)9-3-7(16-17-14)8(27-9)5-26-12(11(20)25-2)28(22,23)24/h4,7-9,12H,3,5H2,1-2H3,(H,15,19,21)(H2,22,23,24)/t7-,8+,9+,12?/m0/s1. The summed E-state index contributed by atoms with van der Waals surface area (Å²) in [6.07, 6.45) is -0.644. The molecule has 2 heterocycles. The van der Waals surface area contributed by atoms with Crippen molar-refractivity contribution in [3.05, 3.63) is 43.0 Å². The first-order chi connectivity index (χ1) is 13.1. The van der Waals surface area contributed by atoms with Gasteiger partial charge in [0.05, 0.1) is 25.9 Å². The second-order valence-corrected chi connectivity index (χ2v) is 7.56. The molecule has 1 aliphatic rings. The number of hydrogen-bond acceptors (Lipinski definition) is 8. The quantitative estimate of drug-likeness (QED) is 0.171. The number of azide groups is 1. The number of aromatic nitrogens is 2. The summed E-state index contributed by atoms with van der Waals surface area (Å²) >= 11 is 0. The third-order valence-electron chi connectivity index (χ3n) is 3.99. The zero-order valence-corrected chi connectivity index (χ0v) is 15.7. The monoisotopic (exact) mass is 419 g/mol. The summed E-state index contributed by atoms with van der Waals surface area (Å²) in [5.74, 6) is -3.46. The number of esters is 1. The number of ether oxygens (including phenoxy) is 3. The molecule has 0 bridgehead atoms. The highest BCUT2D eigenvalue weighted by Crippen LogP contribution is 2.43. The predicted octanol–water partition coefficient (Wildman–Crippen LogP) is -0.495. The Morgan fingerprint density at radius 1 is 1.57 bits per heavy atom. The maximum atomic E-state index is 12.0. The van der Waals surface area contributed by atoms with Crippen LogP contribution in [0.5, 0.6) is 0 Å². The van der Waals surface area contributed by atoms with Crippen LogP contribution in [0.1, 0.15) is 18.2 Å². The summed E-state index contributed by atoms with van der Waals surface area (Å²) in [6, 6.07) is -0.857. The van der Waals surface area contributed by atoms with Gasteiger partial charge in [-0.3, -0.25) is 18.9 Å². The summed E-state index contributed by atoms with van der Waals surface area (Å²) in [6.45, 7) is 0.957. The van der Waals surface area contributed by atoms with Crippen molar-refractivity contribution in [3.63, 3.8) is 0 Å². The lowest BCUT2D eigenvalue weighted by molar-refractivity contribution is -0.152. The van der Waals surface area contributed by atoms with Gasteiger partial charge in [-0.25, -0.2) is 9.59 Å². The zero-order chi connectivity index (χ0) is 21.1. The number of rotatable bonds is 7. The Bertz CT molecular complexity index is 946. The Morgan fingerprint density at radius 3 is 2.82 bits per heavy atom. The molecule has 0 aromatic carbocycles. The molecule has 2 rings (SSSR count). The molecule has 154 valence electrons. The smallest absolute Gasteiger partial charge is 0.365 e. The number of aromatic amines is 1. The molecular weight excluding hydrogens is 401 g/mol. The van der Waals surface area contributed by atoms with Gasteiger partial charge in [0.1, 0.15) is 6.23 Å². The van der Waals surface area contributed by atoms with Gasteiger partial charge in [0.15, 0.2) is 0 Å². The van der Waals surface area contributed by atoms with Crippen molar-refractivity contribution in [3.8, 4) is 0 Å². The van der Waals surface area contributed by atoms with Crippen LogP contribution in [0.4, 0.5) is 0 Å². The van der Waals surface area contributed by atoms with Crippen molar-refractivity contribution >= 4 is 13.6 Å². The van der Waals surface area contributed by atoms with Gasteiger partial charge >= 0.3 is 19.3 Å². The predicted molar refractivity (Wildman–Crippen MR) is 91.3 cm³/mol. The summed E-state index contributed by atoms with van der Waals surface area (Å²) in [5, 5.41) is 3.53. The lowest BCUT2D eigenvalue weighted by atomic mass is 10.1. The second kappa shape index (κ2) is 8.69. The molecular formula is C13H18N5O9P. The summed E-state index contributed by atoms with van der Waals surface area (Å²) < 4.78 is 27.4. The number of aryl methyl sites for hydroxylation is 1. The lowest BCUT2D eigenvalue weighted by Gasteiger charge is -2.21. The highest BCUT2D eigenvalue weighted by Gasteiger charge is 2.42. The average molecular weight is 419 g/mol. The van der Waals surface area contributed by atoms with Crippen molar-refractivity contribution in [2.75, 3.05) is 13.7 Å². The van der Waals surface area contributed by atoms with Gasteiger partial charge in [0.2, 0.25) is 0 Å². The number of nitrogens with one attached hydrogen (secondary N) is 1. The molecule has 1 aromatic heterocycles. The Kier molecular flexibility index (Phi) is 6.77. The van der Waals surface area contributed by atoms with Crippen LogP contribution < -0.4 is 11.2 Å². The van der Waals surface area contributed by atoms with Gasteiger partial charge in [-0.05, 0) is 12.5 Å². The molecule has 0 spiro atoms. The fourth-order valence-corrected chi connectivity index (χ4v) is 3.27. The highest BCUT2D eigenvalue weighted by atomic mass is 31.2. The number of hydrogen-bond donors (Lipinski definition) is 3. The molecule has 1 aromatic rings. The fourth-order valence-electron chi connectivity index (χ4n) is 2.61. The van der Waals surface area contributed by atoms with Gasteiger partial charge in [0, 0.05) is 23.1 Å². The summed E-state index contributed by atoms with van der Waals surface area (Å²) in [7, 11) is -4.05. The molecule has 1 fully saturated rings. The van der Waals surface area contributed by atoms with Crippen LogP contribution in [0.25, 0.3) is 10.4 Å². The van der Waals surface area contributed by atoms with E-state index in [0.717, 1.165) is 11.7 Å². The minimum absolute atomic E-state index is 0.0300. The van der Waals surface area contributed by atoms with Crippen molar-refractivity contribution in [1.29, 1.82) is 0 Å². The van der Waals surface area contributed by atoms with E-state index in [9.17, 15) is 28.7 Å². The molecule has 0 aliphatic carbocycles. The fraction of sp³-hybridized carbons (Fsp3) is 0.615. The first-order valence-corrected chi connectivity index (χ1v) is 9.53. The molecule has 0 amide bonds. The molecule has 1 unspecified atom stereocenters. The van der Waals surface area contributed by atoms with E-state index in [2.05, 4.69) is 19.7 Å². The van der Waals surface area contributed by atoms with Crippen molar-refractivity contribution < 1.29 is 33.4 Å². The van der Waals surface area contributed by atoms with E-state index in [1.165, 1.54) is 13.1 Å². The van der Waals surface area contributed by atoms with E-state index in [4.69, 9.17) is 15.0 Å². The maximum Gasteiger partial charge on any atom is 0.365 e. The Morgan fingerprint density at radius 2 is 2.25 bits per heavy atom. The summed E-state index contributed by atoms with van der Waals surface area (Å²) in [5.41, 5.74) is 7.65. The normalized spacial score (nSPS) is 23.1. The molecule has 0 saturated carbocycles. The van der Waals surface area contributed by atoms with Crippen LogP contribution in [0, 0.1) is 6.92 Å². The van der Waals surface area contributed by atoms with E-state index >= 15 is 0 Å².